The lowest BCUT2D eigenvalue weighted by Gasteiger charge is -2.42. The van der Waals surface area contributed by atoms with Gasteiger partial charge in [0.2, 0.25) is 0 Å². The first-order valence-corrected chi connectivity index (χ1v) is 14.0. The Kier molecular flexibility index (Phi) is 8.94. The van der Waals surface area contributed by atoms with Gasteiger partial charge in [0.25, 0.3) is 0 Å². The predicted molar refractivity (Wildman–Crippen MR) is 133 cm³/mol. The second-order valence-corrected chi connectivity index (χ2v) is 11.2. The summed E-state index contributed by atoms with van der Waals surface area (Å²) in [5, 5.41) is 0. The largest absolute Gasteiger partial charge is 0.378 e. The van der Waals surface area contributed by atoms with Crippen molar-refractivity contribution in [1.82, 2.24) is 0 Å². The number of benzene rings is 1. The standard InChI is InChI=1S/C30H48O/c1-3-5-7-9-23-10-11-25-20-26(13-12-24(25)19-23)27-14-15-29-22-30(17-16-28(29)21-27)31-18-8-6-4-2/h12-13,20,23,27-30H,3-11,14-19,21-22H2,1-2H3. The first-order chi connectivity index (χ1) is 15.3. The van der Waals surface area contributed by atoms with Crippen LogP contribution >= 0.6 is 0 Å². The molecule has 1 aromatic carbocycles. The molecule has 174 valence electrons. The normalized spacial score (nSPS) is 30.6. The molecule has 0 aromatic heterocycles. The van der Waals surface area contributed by atoms with Crippen LogP contribution in [0.1, 0.15) is 126 Å². The van der Waals surface area contributed by atoms with E-state index in [0.717, 1.165) is 30.3 Å². The van der Waals surface area contributed by atoms with Gasteiger partial charge in [-0.25, -0.2) is 0 Å². The minimum atomic E-state index is 0.559. The third-order valence-electron chi connectivity index (χ3n) is 8.91. The van der Waals surface area contributed by atoms with Gasteiger partial charge in [-0.3, -0.25) is 0 Å². The lowest BCUT2D eigenvalue weighted by molar-refractivity contribution is -0.0162. The second-order valence-electron chi connectivity index (χ2n) is 11.2. The number of hydrogen-bond donors (Lipinski definition) is 0. The molecule has 4 rings (SSSR count). The second kappa shape index (κ2) is 11.9. The predicted octanol–water partition coefficient (Wildman–Crippen LogP) is 8.63. The van der Waals surface area contributed by atoms with Gasteiger partial charge in [0.05, 0.1) is 6.10 Å². The lowest BCUT2D eigenvalue weighted by atomic mass is 9.65. The highest BCUT2D eigenvalue weighted by Crippen LogP contribution is 2.47. The topological polar surface area (TPSA) is 9.23 Å². The third kappa shape index (κ3) is 6.37. The van der Waals surface area contributed by atoms with Crippen molar-refractivity contribution in [2.45, 2.75) is 129 Å². The fraction of sp³-hybridized carbons (Fsp3) is 0.800. The van der Waals surface area contributed by atoms with E-state index < -0.39 is 0 Å². The molecule has 1 aromatic rings. The first-order valence-electron chi connectivity index (χ1n) is 14.0. The van der Waals surface area contributed by atoms with Gasteiger partial charge in [-0.2, -0.15) is 0 Å². The van der Waals surface area contributed by atoms with Gasteiger partial charge in [0.15, 0.2) is 0 Å². The van der Waals surface area contributed by atoms with Crippen LogP contribution in [0.4, 0.5) is 0 Å². The molecule has 1 nitrogen and oxygen atoms in total. The monoisotopic (exact) mass is 424 g/mol. The van der Waals surface area contributed by atoms with Crippen LogP contribution in [0.15, 0.2) is 18.2 Å². The number of hydrogen-bond acceptors (Lipinski definition) is 1. The van der Waals surface area contributed by atoms with Gasteiger partial charge in [0.1, 0.15) is 0 Å². The highest BCUT2D eigenvalue weighted by Gasteiger charge is 2.36. The third-order valence-corrected chi connectivity index (χ3v) is 8.91. The summed E-state index contributed by atoms with van der Waals surface area (Å²) in [4.78, 5) is 0. The molecule has 0 aliphatic heterocycles. The Morgan fingerprint density at radius 1 is 0.806 bits per heavy atom. The Hall–Kier alpha value is -0.820. The van der Waals surface area contributed by atoms with E-state index in [-0.39, 0.29) is 0 Å². The summed E-state index contributed by atoms with van der Waals surface area (Å²) in [5.41, 5.74) is 5.03. The molecular formula is C30H48O. The van der Waals surface area contributed by atoms with E-state index in [9.17, 15) is 0 Å². The Labute approximate surface area is 192 Å². The first kappa shape index (κ1) is 23.3. The molecule has 0 N–H and O–H groups in total. The number of rotatable bonds is 10. The summed E-state index contributed by atoms with van der Waals surface area (Å²) in [6.45, 7) is 5.59. The van der Waals surface area contributed by atoms with Crippen molar-refractivity contribution in [3.8, 4) is 0 Å². The molecule has 2 saturated carbocycles. The van der Waals surface area contributed by atoms with Crippen LogP contribution in [0.25, 0.3) is 0 Å². The molecule has 0 amide bonds. The van der Waals surface area contributed by atoms with Crippen molar-refractivity contribution >= 4 is 0 Å². The van der Waals surface area contributed by atoms with Crippen LogP contribution in [-0.4, -0.2) is 12.7 Å². The van der Waals surface area contributed by atoms with Crippen molar-refractivity contribution in [2.75, 3.05) is 6.61 Å². The van der Waals surface area contributed by atoms with Crippen LogP contribution in [-0.2, 0) is 17.6 Å². The van der Waals surface area contributed by atoms with E-state index in [1.807, 2.05) is 0 Å². The SMILES string of the molecule is CCCCCOC1CCC2CC(c3ccc4c(c3)CCC(CCCCC)C4)CCC2C1. The zero-order valence-electron chi connectivity index (χ0n) is 20.5. The molecule has 0 saturated heterocycles. The molecule has 5 atom stereocenters. The maximum absolute atomic E-state index is 6.25. The number of unbranched alkanes of at least 4 members (excludes halogenated alkanes) is 4. The summed E-state index contributed by atoms with van der Waals surface area (Å²) in [6.07, 6.45) is 22.5. The summed E-state index contributed by atoms with van der Waals surface area (Å²) in [5.74, 6) is 3.64. The van der Waals surface area contributed by atoms with Crippen molar-refractivity contribution in [3.63, 3.8) is 0 Å². The molecule has 0 radical (unpaired) electrons. The Balaban J connectivity index is 1.27. The van der Waals surface area contributed by atoms with E-state index >= 15 is 0 Å². The Bertz CT molecular complexity index is 664. The van der Waals surface area contributed by atoms with E-state index in [2.05, 4.69) is 32.0 Å². The fourth-order valence-corrected chi connectivity index (χ4v) is 6.94. The van der Waals surface area contributed by atoms with Crippen LogP contribution < -0.4 is 0 Å². The molecule has 1 heteroatoms. The molecule has 0 spiro atoms. The van der Waals surface area contributed by atoms with E-state index in [1.54, 1.807) is 16.7 Å². The van der Waals surface area contributed by atoms with Gasteiger partial charge in [-0.1, -0.05) is 70.6 Å². The van der Waals surface area contributed by atoms with Crippen molar-refractivity contribution in [1.29, 1.82) is 0 Å². The average Bonchev–Trinajstić information content (AvgIpc) is 2.81. The van der Waals surface area contributed by atoms with Crippen LogP contribution in [0.3, 0.4) is 0 Å². The lowest BCUT2D eigenvalue weighted by Crippen LogP contribution is -2.34. The zero-order chi connectivity index (χ0) is 21.5. The molecular weight excluding hydrogens is 376 g/mol. The zero-order valence-corrected chi connectivity index (χ0v) is 20.5. The highest BCUT2D eigenvalue weighted by atomic mass is 16.5. The number of fused-ring (bicyclic) bond motifs is 2. The van der Waals surface area contributed by atoms with Gasteiger partial charge in [-0.05, 0) is 105 Å². The molecule has 0 heterocycles. The maximum atomic E-state index is 6.25. The number of ether oxygens (including phenoxy) is 1. The molecule has 31 heavy (non-hydrogen) atoms. The minimum absolute atomic E-state index is 0.559. The fourth-order valence-electron chi connectivity index (χ4n) is 6.94. The molecule has 2 fully saturated rings. The maximum Gasteiger partial charge on any atom is 0.0578 e. The molecule has 5 unspecified atom stereocenters. The molecule has 3 aliphatic rings. The Morgan fingerprint density at radius 3 is 2.48 bits per heavy atom. The van der Waals surface area contributed by atoms with Gasteiger partial charge in [-0.15, -0.1) is 0 Å². The van der Waals surface area contributed by atoms with Crippen molar-refractivity contribution in [3.05, 3.63) is 34.9 Å². The smallest absolute Gasteiger partial charge is 0.0578 e. The summed E-state index contributed by atoms with van der Waals surface area (Å²) in [6, 6.07) is 7.66. The summed E-state index contributed by atoms with van der Waals surface area (Å²) < 4.78 is 6.25. The molecule has 3 aliphatic carbocycles. The quantitative estimate of drug-likeness (QED) is 0.341. The van der Waals surface area contributed by atoms with Gasteiger partial charge >= 0.3 is 0 Å². The highest BCUT2D eigenvalue weighted by molar-refractivity contribution is 5.36. The number of aryl methyl sites for hydroxylation is 1. The van der Waals surface area contributed by atoms with Crippen LogP contribution in [0.2, 0.25) is 0 Å². The van der Waals surface area contributed by atoms with Crippen molar-refractivity contribution < 1.29 is 4.74 Å². The van der Waals surface area contributed by atoms with Gasteiger partial charge < -0.3 is 4.74 Å². The van der Waals surface area contributed by atoms with Crippen LogP contribution in [0, 0.1) is 17.8 Å². The van der Waals surface area contributed by atoms with Crippen molar-refractivity contribution in [2.24, 2.45) is 17.8 Å². The Morgan fingerprint density at radius 2 is 1.61 bits per heavy atom. The van der Waals surface area contributed by atoms with E-state index in [1.165, 1.54) is 103 Å². The summed E-state index contributed by atoms with van der Waals surface area (Å²) >= 11 is 0. The minimum Gasteiger partial charge on any atom is -0.378 e. The average molecular weight is 425 g/mol. The summed E-state index contributed by atoms with van der Waals surface area (Å²) in [7, 11) is 0. The van der Waals surface area contributed by atoms with E-state index in [0.29, 0.717) is 6.10 Å². The molecule has 0 bridgehead atoms. The van der Waals surface area contributed by atoms with Crippen LogP contribution in [0.5, 0.6) is 0 Å². The van der Waals surface area contributed by atoms with E-state index in [4.69, 9.17) is 4.74 Å². The van der Waals surface area contributed by atoms with Gasteiger partial charge in [0, 0.05) is 6.61 Å².